The van der Waals surface area contributed by atoms with Crippen LogP contribution >= 0.6 is 0 Å². The first-order valence-corrected chi connectivity index (χ1v) is 6.89. The standard InChI is InChI=1S/C15H22N2O2/c1-3-5-11-10-13-12(15(18)19-2)6-4-7-14(13)17(11)9-8-16/h4,6-7,11H,3,5,8-10,16H2,1-2H3. The van der Waals surface area contributed by atoms with Gasteiger partial charge in [0.2, 0.25) is 0 Å². The number of benzene rings is 1. The summed E-state index contributed by atoms with van der Waals surface area (Å²) in [5.74, 6) is -0.248. The van der Waals surface area contributed by atoms with E-state index in [0.29, 0.717) is 18.2 Å². The minimum Gasteiger partial charge on any atom is -0.465 e. The Labute approximate surface area is 114 Å². The molecule has 0 saturated carbocycles. The van der Waals surface area contributed by atoms with Crippen molar-refractivity contribution in [3.63, 3.8) is 0 Å². The van der Waals surface area contributed by atoms with Crippen molar-refractivity contribution in [1.29, 1.82) is 0 Å². The SMILES string of the molecule is CCCC1Cc2c(C(=O)OC)cccc2N1CCN. The van der Waals surface area contributed by atoms with Crippen LogP contribution in [0, 0.1) is 0 Å². The lowest BCUT2D eigenvalue weighted by Crippen LogP contribution is -2.35. The number of fused-ring (bicyclic) bond motifs is 1. The molecule has 0 aliphatic carbocycles. The van der Waals surface area contributed by atoms with Crippen LogP contribution in [-0.4, -0.2) is 32.2 Å². The van der Waals surface area contributed by atoms with Crippen LogP contribution in [0.4, 0.5) is 5.69 Å². The maximum Gasteiger partial charge on any atom is 0.338 e. The Morgan fingerprint density at radius 3 is 2.95 bits per heavy atom. The van der Waals surface area contributed by atoms with E-state index in [1.54, 1.807) is 0 Å². The summed E-state index contributed by atoms with van der Waals surface area (Å²) in [5.41, 5.74) is 8.67. The molecule has 104 valence electrons. The molecule has 0 bridgehead atoms. The number of ether oxygens (including phenoxy) is 1. The molecule has 2 N–H and O–H groups in total. The minimum absolute atomic E-state index is 0.248. The first-order valence-electron chi connectivity index (χ1n) is 6.89. The second kappa shape index (κ2) is 6.06. The molecule has 4 heteroatoms. The van der Waals surface area contributed by atoms with Crippen LogP contribution in [0.2, 0.25) is 0 Å². The summed E-state index contributed by atoms with van der Waals surface area (Å²) in [4.78, 5) is 14.2. The Kier molecular flexibility index (Phi) is 4.43. The summed E-state index contributed by atoms with van der Waals surface area (Å²) >= 11 is 0. The summed E-state index contributed by atoms with van der Waals surface area (Å²) < 4.78 is 4.87. The van der Waals surface area contributed by atoms with Gasteiger partial charge in [0.05, 0.1) is 12.7 Å². The summed E-state index contributed by atoms with van der Waals surface area (Å²) in [5, 5.41) is 0. The van der Waals surface area contributed by atoms with Crippen LogP contribution in [0.25, 0.3) is 0 Å². The average molecular weight is 262 g/mol. The van der Waals surface area contributed by atoms with E-state index in [-0.39, 0.29) is 5.97 Å². The van der Waals surface area contributed by atoms with Gasteiger partial charge in [0.15, 0.2) is 0 Å². The largest absolute Gasteiger partial charge is 0.465 e. The number of carbonyl (C=O) groups is 1. The number of anilines is 1. The zero-order valence-corrected chi connectivity index (χ0v) is 11.7. The van der Waals surface area contributed by atoms with Crippen molar-refractivity contribution in [2.24, 2.45) is 5.73 Å². The number of esters is 1. The van der Waals surface area contributed by atoms with Gasteiger partial charge >= 0.3 is 5.97 Å². The van der Waals surface area contributed by atoms with E-state index in [1.807, 2.05) is 12.1 Å². The number of rotatable bonds is 5. The van der Waals surface area contributed by atoms with Crippen LogP contribution < -0.4 is 10.6 Å². The third-order valence-corrected chi connectivity index (χ3v) is 3.74. The third-order valence-electron chi connectivity index (χ3n) is 3.74. The third kappa shape index (κ3) is 2.59. The molecule has 0 fully saturated rings. The van der Waals surface area contributed by atoms with E-state index in [0.717, 1.165) is 37.1 Å². The van der Waals surface area contributed by atoms with Gasteiger partial charge < -0.3 is 15.4 Å². The van der Waals surface area contributed by atoms with Crippen molar-refractivity contribution in [3.05, 3.63) is 29.3 Å². The van der Waals surface area contributed by atoms with Crippen molar-refractivity contribution < 1.29 is 9.53 Å². The van der Waals surface area contributed by atoms with Crippen molar-refractivity contribution >= 4 is 11.7 Å². The van der Waals surface area contributed by atoms with Gasteiger partial charge in [0.25, 0.3) is 0 Å². The molecule has 0 spiro atoms. The van der Waals surface area contributed by atoms with Crippen molar-refractivity contribution in [3.8, 4) is 0 Å². The van der Waals surface area contributed by atoms with E-state index in [1.165, 1.54) is 7.11 Å². The van der Waals surface area contributed by atoms with Gasteiger partial charge in [-0.3, -0.25) is 0 Å². The van der Waals surface area contributed by atoms with Gasteiger partial charge in [-0.15, -0.1) is 0 Å². The maximum absolute atomic E-state index is 11.8. The highest BCUT2D eigenvalue weighted by atomic mass is 16.5. The highest BCUT2D eigenvalue weighted by Gasteiger charge is 2.31. The molecule has 1 aliphatic rings. The summed E-state index contributed by atoms with van der Waals surface area (Å²) in [6.45, 7) is 3.65. The van der Waals surface area contributed by atoms with E-state index in [2.05, 4.69) is 17.9 Å². The second-order valence-corrected chi connectivity index (χ2v) is 4.92. The first kappa shape index (κ1) is 13.9. The molecular formula is C15H22N2O2. The molecule has 4 nitrogen and oxygen atoms in total. The lowest BCUT2D eigenvalue weighted by molar-refractivity contribution is 0.0599. The fraction of sp³-hybridized carbons (Fsp3) is 0.533. The van der Waals surface area contributed by atoms with Crippen molar-refractivity contribution in [1.82, 2.24) is 0 Å². The summed E-state index contributed by atoms with van der Waals surface area (Å²) in [6.07, 6.45) is 3.16. The molecule has 0 aromatic heterocycles. The van der Waals surface area contributed by atoms with Crippen molar-refractivity contribution in [2.75, 3.05) is 25.1 Å². The fourth-order valence-electron chi connectivity index (χ4n) is 2.94. The second-order valence-electron chi connectivity index (χ2n) is 4.92. The van der Waals surface area contributed by atoms with Gasteiger partial charge in [-0.2, -0.15) is 0 Å². The lowest BCUT2D eigenvalue weighted by Gasteiger charge is -2.26. The molecule has 0 radical (unpaired) electrons. The Morgan fingerprint density at radius 1 is 1.53 bits per heavy atom. The van der Waals surface area contributed by atoms with Crippen LogP contribution in [0.3, 0.4) is 0 Å². The molecule has 1 unspecified atom stereocenters. The molecule has 0 saturated heterocycles. The summed E-state index contributed by atoms with van der Waals surface area (Å²) in [7, 11) is 1.43. The van der Waals surface area contributed by atoms with Crippen LogP contribution in [-0.2, 0) is 11.2 Å². The predicted molar refractivity (Wildman–Crippen MR) is 76.6 cm³/mol. The molecule has 0 amide bonds. The number of methoxy groups -OCH3 is 1. The Morgan fingerprint density at radius 2 is 2.32 bits per heavy atom. The Hall–Kier alpha value is -1.55. The molecule has 1 heterocycles. The Balaban J connectivity index is 2.37. The van der Waals surface area contributed by atoms with Gasteiger partial charge in [0.1, 0.15) is 0 Å². The average Bonchev–Trinajstić information content (AvgIpc) is 2.77. The molecule has 1 atom stereocenters. The Bertz CT molecular complexity index is 459. The number of nitrogens with two attached hydrogens (primary N) is 1. The van der Waals surface area contributed by atoms with E-state index in [4.69, 9.17) is 10.5 Å². The van der Waals surface area contributed by atoms with E-state index < -0.39 is 0 Å². The topological polar surface area (TPSA) is 55.6 Å². The van der Waals surface area contributed by atoms with Gasteiger partial charge in [-0.05, 0) is 30.5 Å². The zero-order chi connectivity index (χ0) is 13.8. The van der Waals surface area contributed by atoms with E-state index in [9.17, 15) is 4.79 Å². The lowest BCUT2D eigenvalue weighted by atomic mass is 10.0. The normalized spacial score (nSPS) is 17.4. The van der Waals surface area contributed by atoms with Gasteiger partial charge in [-0.25, -0.2) is 4.79 Å². The number of hydrogen-bond acceptors (Lipinski definition) is 4. The quantitative estimate of drug-likeness (QED) is 0.824. The smallest absolute Gasteiger partial charge is 0.338 e. The predicted octanol–water partition coefficient (Wildman–Crippen LogP) is 1.96. The molecular weight excluding hydrogens is 240 g/mol. The van der Waals surface area contributed by atoms with Gasteiger partial charge in [0, 0.05) is 24.8 Å². The van der Waals surface area contributed by atoms with Crippen LogP contribution in [0.15, 0.2) is 18.2 Å². The monoisotopic (exact) mass is 262 g/mol. The molecule has 19 heavy (non-hydrogen) atoms. The minimum atomic E-state index is -0.248. The number of nitrogens with zero attached hydrogens (tertiary/aromatic N) is 1. The first-order chi connectivity index (χ1) is 9.22. The van der Waals surface area contributed by atoms with E-state index >= 15 is 0 Å². The maximum atomic E-state index is 11.8. The number of carbonyl (C=O) groups excluding carboxylic acids is 1. The fourth-order valence-corrected chi connectivity index (χ4v) is 2.94. The number of hydrogen-bond donors (Lipinski definition) is 1. The highest BCUT2D eigenvalue weighted by molar-refractivity contribution is 5.93. The molecule has 1 aliphatic heterocycles. The molecule has 1 aromatic rings. The molecule has 1 aromatic carbocycles. The molecule has 2 rings (SSSR count). The van der Waals surface area contributed by atoms with Crippen LogP contribution in [0.5, 0.6) is 0 Å². The van der Waals surface area contributed by atoms with Crippen LogP contribution in [0.1, 0.15) is 35.7 Å². The van der Waals surface area contributed by atoms with Gasteiger partial charge in [-0.1, -0.05) is 19.4 Å². The zero-order valence-electron chi connectivity index (χ0n) is 11.7. The van der Waals surface area contributed by atoms with Crippen molar-refractivity contribution in [2.45, 2.75) is 32.2 Å². The highest BCUT2D eigenvalue weighted by Crippen LogP contribution is 2.36. The summed E-state index contributed by atoms with van der Waals surface area (Å²) in [6, 6.07) is 6.30.